The molecule has 0 radical (unpaired) electrons. The number of amides is 2. The Hall–Kier alpha value is -2.83. The third-order valence-corrected chi connectivity index (χ3v) is 4.66. The lowest BCUT2D eigenvalue weighted by molar-refractivity contribution is -0.136. The van der Waals surface area contributed by atoms with Crippen LogP contribution in [0.5, 0.6) is 0 Å². The normalized spacial score (nSPS) is 14.0. The highest BCUT2D eigenvalue weighted by Gasteiger charge is 2.15. The summed E-state index contributed by atoms with van der Waals surface area (Å²) in [6.07, 6.45) is 5.49. The van der Waals surface area contributed by atoms with Crippen molar-refractivity contribution in [2.45, 2.75) is 39.0 Å². The minimum atomic E-state index is -0.741. The van der Waals surface area contributed by atoms with Crippen LogP contribution in [0, 0.1) is 6.92 Å². The van der Waals surface area contributed by atoms with Crippen molar-refractivity contribution in [1.29, 1.82) is 0 Å². The van der Waals surface area contributed by atoms with E-state index >= 15 is 0 Å². The zero-order chi connectivity index (χ0) is 19.1. The number of hydrogen-bond donors (Lipinski definition) is 2. The monoisotopic (exact) mass is 370 g/mol. The number of nitrogens with zero attached hydrogens (tertiary/aromatic N) is 2. The van der Waals surface area contributed by atoms with E-state index in [1.807, 2.05) is 0 Å². The Labute approximate surface area is 159 Å². The molecule has 1 aromatic heterocycles. The molecule has 0 atom stereocenters. The Morgan fingerprint density at radius 2 is 1.85 bits per heavy atom. The zero-order valence-corrected chi connectivity index (χ0v) is 15.7. The van der Waals surface area contributed by atoms with Gasteiger partial charge >= 0.3 is 11.8 Å². The van der Waals surface area contributed by atoms with Crippen molar-refractivity contribution >= 4 is 23.3 Å². The van der Waals surface area contributed by atoms with E-state index in [0.717, 1.165) is 25.9 Å². The van der Waals surface area contributed by atoms with Crippen molar-refractivity contribution in [3.8, 4) is 0 Å². The van der Waals surface area contributed by atoms with Crippen LogP contribution in [-0.2, 0) is 16.0 Å². The molecule has 1 fully saturated rings. The number of carbonyl (C=O) groups is 2. The number of piperidine rings is 1. The maximum absolute atomic E-state index is 11.8. The molecule has 3 rings (SSSR count). The summed E-state index contributed by atoms with van der Waals surface area (Å²) >= 11 is 0. The Morgan fingerprint density at radius 1 is 1.11 bits per heavy atom. The van der Waals surface area contributed by atoms with Gasteiger partial charge in [0, 0.05) is 31.4 Å². The number of benzene rings is 1. The summed E-state index contributed by atoms with van der Waals surface area (Å²) in [6, 6.07) is 10.2. The van der Waals surface area contributed by atoms with E-state index in [1.54, 1.807) is 13.0 Å². The number of anilines is 2. The fourth-order valence-electron chi connectivity index (χ4n) is 3.20. The van der Waals surface area contributed by atoms with Gasteiger partial charge in [-0.25, -0.2) is 0 Å². The Bertz CT molecular complexity index is 764. The summed E-state index contributed by atoms with van der Waals surface area (Å²) < 4.78 is 4.84. The van der Waals surface area contributed by atoms with Crippen LogP contribution in [0.15, 0.2) is 34.9 Å². The number of hydrogen-bond acceptors (Lipinski definition) is 5. The van der Waals surface area contributed by atoms with Crippen LogP contribution in [-0.4, -0.2) is 36.6 Å². The molecule has 0 saturated carbocycles. The van der Waals surface area contributed by atoms with Gasteiger partial charge in [0.05, 0.1) is 0 Å². The summed E-state index contributed by atoms with van der Waals surface area (Å²) in [5.74, 6) is -0.608. The van der Waals surface area contributed by atoms with Crippen LogP contribution in [0.3, 0.4) is 0 Å². The second-order valence-electron chi connectivity index (χ2n) is 6.85. The van der Waals surface area contributed by atoms with Crippen molar-refractivity contribution in [3.05, 3.63) is 41.7 Å². The van der Waals surface area contributed by atoms with Crippen LogP contribution < -0.4 is 15.5 Å². The second-order valence-corrected chi connectivity index (χ2v) is 6.85. The molecular formula is C20H26N4O3. The molecule has 2 N–H and O–H groups in total. The third kappa shape index (κ3) is 5.57. The minimum absolute atomic E-state index is 0.237. The Balaban J connectivity index is 1.36. The summed E-state index contributed by atoms with van der Waals surface area (Å²) in [5.41, 5.74) is 2.51. The smallest absolute Gasteiger partial charge is 0.314 e. The standard InChI is InChI=1S/C20H26N4O3/c1-15-14-18(23-27-15)22-20(26)19(25)21-11-5-6-16-7-9-17(10-8-16)24-12-3-2-4-13-24/h7-10,14H,2-6,11-13H2,1H3,(H,21,25)(H,22,23,26). The average molecular weight is 370 g/mol. The fourth-order valence-corrected chi connectivity index (χ4v) is 3.20. The van der Waals surface area contributed by atoms with Gasteiger partial charge in [0.2, 0.25) is 0 Å². The lowest BCUT2D eigenvalue weighted by Crippen LogP contribution is -2.36. The molecule has 27 heavy (non-hydrogen) atoms. The van der Waals surface area contributed by atoms with E-state index in [4.69, 9.17) is 4.52 Å². The molecule has 1 saturated heterocycles. The van der Waals surface area contributed by atoms with Gasteiger partial charge in [0.25, 0.3) is 0 Å². The topological polar surface area (TPSA) is 87.5 Å². The summed E-state index contributed by atoms with van der Waals surface area (Å²) in [7, 11) is 0. The van der Waals surface area contributed by atoms with Crippen molar-refractivity contribution in [1.82, 2.24) is 10.5 Å². The van der Waals surface area contributed by atoms with Gasteiger partial charge in [0.1, 0.15) is 5.76 Å². The van der Waals surface area contributed by atoms with Gasteiger partial charge in [-0.2, -0.15) is 0 Å². The highest BCUT2D eigenvalue weighted by atomic mass is 16.5. The van der Waals surface area contributed by atoms with Gasteiger partial charge < -0.3 is 14.7 Å². The molecule has 2 amide bonds. The molecule has 7 nitrogen and oxygen atoms in total. The zero-order valence-electron chi connectivity index (χ0n) is 15.7. The Morgan fingerprint density at radius 3 is 2.52 bits per heavy atom. The number of rotatable bonds is 6. The molecule has 2 heterocycles. The van der Waals surface area contributed by atoms with Gasteiger partial charge in [-0.15, -0.1) is 0 Å². The number of aryl methyl sites for hydroxylation is 2. The predicted octanol–water partition coefficient (Wildman–Crippen LogP) is 2.66. The maximum atomic E-state index is 11.8. The fraction of sp³-hybridized carbons (Fsp3) is 0.450. The minimum Gasteiger partial charge on any atom is -0.372 e. The molecule has 0 spiro atoms. The van der Waals surface area contributed by atoms with E-state index in [-0.39, 0.29) is 5.82 Å². The summed E-state index contributed by atoms with van der Waals surface area (Å²) in [6.45, 7) is 4.43. The molecule has 0 unspecified atom stereocenters. The molecule has 0 bridgehead atoms. The lowest BCUT2D eigenvalue weighted by atomic mass is 10.1. The number of nitrogens with one attached hydrogen (secondary N) is 2. The highest BCUT2D eigenvalue weighted by molar-refractivity contribution is 6.39. The van der Waals surface area contributed by atoms with Gasteiger partial charge in [-0.3, -0.25) is 14.9 Å². The summed E-state index contributed by atoms with van der Waals surface area (Å²) in [5, 5.41) is 8.65. The first kappa shape index (κ1) is 18.9. The first-order valence-corrected chi connectivity index (χ1v) is 9.48. The van der Waals surface area contributed by atoms with Crippen molar-refractivity contribution in [3.63, 3.8) is 0 Å². The average Bonchev–Trinajstić information content (AvgIpc) is 3.11. The van der Waals surface area contributed by atoms with Crippen molar-refractivity contribution in [2.75, 3.05) is 29.9 Å². The van der Waals surface area contributed by atoms with E-state index < -0.39 is 11.8 Å². The molecule has 2 aromatic rings. The molecule has 7 heteroatoms. The second kappa shape index (κ2) is 9.21. The van der Waals surface area contributed by atoms with E-state index in [0.29, 0.717) is 12.3 Å². The molecule has 1 aromatic carbocycles. The number of carbonyl (C=O) groups excluding carboxylic acids is 2. The van der Waals surface area contributed by atoms with Gasteiger partial charge in [0.15, 0.2) is 5.82 Å². The SMILES string of the molecule is Cc1cc(NC(=O)C(=O)NCCCc2ccc(N3CCCCC3)cc2)no1. The molecule has 1 aliphatic rings. The largest absolute Gasteiger partial charge is 0.372 e. The maximum Gasteiger partial charge on any atom is 0.314 e. The Kier molecular flexibility index (Phi) is 6.46. The third-order valence-electron chi connectivity index (χ3n) is 4.66. The van der Waals surface area contributed by atoms with Gasteiger partial charge in [-0.1, -0.05) is 17.3 Å². The van der Waals surface area contributed by atoms with E-state index in [9.17, 15) is 9.59 Å². The first-order chi connectivity index (χ1) is 13.1. The van der Waals surface area contributed by atoms with Crippen LogP contribution >= 0.6 is 0 Å². The lowest BCUT2D eigenvalue weighted by Gasteiger charge is -2.28. The van der Waals surface area contributed by atoms with Crippen molar-refractivity contribution in [2.24, 2.45) is 0 Å². The molecule has 1 aliphatic heterocycles. The molecule has 144 valence electrons. The first-order valence-electron chi connectivity index (χ1n) is 9.48. The summed E-state index contributed by atoms with van der Waals surface area (Å²) in [4.78, 5) is 26.0. The van der Waals surface area contributed by atoms with Crippen LogP contribution in [0.4, 0.5) is 11.5 Å². The van der Waals surface area contributed by atoms with Gasteiger partial charge in [-0.05, 0) is 56.7 Å². The van der Waals surface area contributed by atoms with E-state index in [1.165, 1.54) is 30.5 Å². The van der Waals surface area contributed by atoms with Crippen LogP contribution in [0.25, 0.3) is 0 Å². The van der Waals surface area contributed by atoms with Crippen LogP contribution in [0.1, 0.15) is 37.0 Å². The quantitative estimate of drug-likeness (QED) is 0.603. The van der Waals surface area contributed by atoms with E-state index in [2.05, 4.69) is 45.0 Å². The predicted molar refractivity (Wildman–Crippen MR) is 104 cm³/mol. The number of aromatic nitrogens is 1. The molecular weight excluding hydrogens is 344 g/mol. The highest BCUT2D eigenvalue weighted by Crippen LogP contribution is 2.20. The van der Waals surface area contributed by atoms with Crippen LogP contribution in [0.2, 0.25) is 0 Å². The van der Waals surface area contributed by atoms with Crippen molar-refractivity contribution < 1.29 is 14.1 Å². The molecule has 0 aliphatic carbocycles.